The number of halogens is 1. The van der Waals surface area contributed by atoms with Crippen molar-refractivity contribution >= 4 is 55.7 Å². The maximum absolute atomic E-state index is 12.9. The molecule has 0 radical (unpaired) electrons. The number of hydrazone groups is 1. The molecule has 2 heterocycles. The monoisotopic (exact) mass is 604 g/mol. The Morgan fingerprint density at radius 2 is 1.77 bits per heavy atom. The molecule has 0 fully saturated rings. The van der Waals surface area contributed by atoms with Crippen LogP contribution < -0.4 is 14.2 Å². The molecular weight excluding hydrogens is 580 g/mol. The molecule has 1 amide bonds. The standard InChI is InChI=1S/C29H25BrN4O4S/c1-3-36-24-17-19(16-23(30)25(24)38-14-13-37-21-7-5-4-6-8-21)15-22-26(31)34-29(32-27(22)35)39-28(33-34)20-11-9-18(2)10-12-20/h4-12,15-17,31H,3,13-14H2,1-2H3/b22-15-,31-26?. The summed E-state index contributed by atoms with van der Waals surface area (Å²) in [5.41, 5.74) is 2.83. The van der Waals surface area contributed by atoms with Gasteiger partial charge in [0.05, 0.1) is 16.7 Å². The molecule has 8 nitrogen and oxygen atoms in total. The molecule has 5 rings (SSSR count). The first kappa shape index (κ1) is 26.7. The Bertz CT molecular complexity index is 1500. The second-order valence-electron chi connectivity index (χ2n) is 8.56. The van der Waals surface area contributed by atoms with Gasteiger partial charge in [0.1, 0.15) is 24.0 Å². The molecule has 1 N–H and O–H groups in total. The number of ether oxygens (including phenoxy) is 3. The molecule has 198 valence electrons. The molecule has 10 heteroatoms. The van der Waals surface area contributed by atoms with E-state index in [0.29, 0.717) is 51.6 Å². The van der Waals surface area contributed by atoms with Crippen molar-refractivity contribution in [2.75, 3.05) is 19.8 Å². The van der Waals surface area contributed by atoms with Crippen molar-refractivity contribution in [3.63, 3.8) is 0 Å². The quantitative estimate of drug-likeness (QED) is 0.228. The molecular formula is C29H25BrN4O4S. The highest BCUT2D eigenvalue weighted by Gasteiger charge is 2.36. The zero-order valence-electron chi connectivity index (χ0n) is 21.3. The number of benzene rings is 3. The highest BCUT2D eigenvalue weighted by Crippen LogP contribution is 2.38. The van der Waals surface area contributed by atoms with Gasteiger partial charge in [-0.2, -0.15) is 15.1 Å². The van der Waals surface area contributed by atoms with Crippen molar-refractivity contribution < 1.29 is 19.0 Å². The molecule has 3 aromatic carbocycles. The molecule has 0 atom stereocenters. The Kier molecular flexibility index (Phi) is 8.13. The molecule has 2 aliphatic rings. The van der Waals surface area contributed by atoms with Crippen LogP contribution in [0.25, 0.3) is 6.08 Å². The Morgan fingerprint density at radius 1 is 1.03 bits per heavy atom. The molecule has 0 aromatic heterocycles. The lowest BCUT2D eigenvalue weighted by molar-refractivity contribution is -0.114. The number of hydrogen-bond donors (Lipinski definition) is 1. The zero-order chi connectivity index (χ0) is 27.4. The van der Waals surface area contributed by atoms with Crippen LogP contribution in [0.3, 0.4) is 0 Å². The van der Waals surface area contributed by atoms with Crippen LogP contribution in [-0.2, 0) is 4.79 Å². The summed E-state index contributed by atoms with van der Waals surface area (Å²) in [6.07, 6.45) is 1.62. The summed E-state index contributed by atoms with van der Waals surface area (Å²) in [5, 5.41) is 15.7. The molecule has 0 unspecified atom stereocenters. The number of carbonyl (C=O) groups excluding carboxylic acids is 1. The molecule has 3 aromatic rings. The normalized spacial score (nSPS) is 15.7. The van der Waals surface area contributed by atoms with Gasteiger partial charge in [0.2, 0.25) is 5.17 Å². The van der Waals surface area contributed by atoms with Gasteiger partial charge >= 0.3 is 0 Å². The van der Waals surface area contributed by atoms with E-state index in [9.17, 15) is 4.79 Å². The van der Waals surface area contributed by atoms with E-state index < -0.39 is 5.91 Å². The summed E-state index contributed by atoms with van der Waals surface area (Å²) >= 11 is 4.84. The number of thioether (sulfide) groups is 1. The van der Waals surface area contributed by atoms with Gasteiger partial charge in [0.25, 0.3) is 5.91 Å². The maximum atomic E-state index is 12.9. The second kappa shape index (κ2) is 11.9. The highest BCUT2D eigenvalue weighted by atomic mass is 79.9. The van der Waals surface area contributed by atoms with Gasteiger partial charge in [-0.1, -0.05) is 48.0 Å². The predicted octanol–water partition coefficient (Wildman–Crippen LogP) is 6.28. The van der Waals surface area contributed by atoms with E-state index in [4.69, 9.17) is 19.6 Å². The van der Waals surface area contributed by atoms with Crippen molar-refractivity contribution in [1.29, 1.82) is 5.41 Å². The summed E-state index contributed by atoms with van der Waals surface area (Å²) in [6, 6.07) is 21.0. The third kappa shape index (κ3) is 6.07. The molecule has 0 aliphatic carbocycles. The highest BCUT2D eigenvalue weighted by molar-refractivity contribution is 9.10. The number of carbonyl (C=O) groups is 1. The lowest BCUT2D eigenvalue weighted by Crippen LogP contribution is -2.35. The van der Waals surface area contributed by atoms with Gasteiger partial charge in [-0.05, 0) is 77.4 Å². The number of amidine groups is 2. The van der Waals surface area contributed by atoms with E-state index in [2.05, 4.69) is 26.0 Å². The lowest BCUT2D eigenvalue weighted by Gasteiger charge is -2.20. The number of aliphatic imine (C=N–C) groups is 1. The summed E-state index contributed by atoms with van der Waals surface area (Å²) in [6.45, 7) is 4.99. The number of hydrogen-bond acceptors (Lipinski definition) is 7. The minimum absolute atomic E-state index is 0.0351. The first-order valence-corrected chi connectivity index (χ1v) is 13.9. The molecule has 0 saturated heterocycles. The van der Waals surface area contributed by atoms with E-state index in [1.807, 2.05) is 74.5 Å². The van der Waals surface area contributed by atoms with Crippen molar-refractivity contribution in [2.24, 2.45) is 10.1 Å². The molecule has 39 heavy (non-hydrogen) atoms. The van der Waals surface area contributed by atoms with Crippen LogP contribution in [0.2, 0.25) is 0 Å². The minimum atomic E-state index is -0.494. The summed E-state index contributed by atoms with van der Waals surface area (Å²) in [7, 11) is 0. The smallest absolute Gasteiger partial charge is 0.283 e. The second-order valence-corrected chi connectivity index (χ2v) is 10.4. The fourth-order valence-corrected chi connectivity index (χ4v) is 5.34. The molecule has 0 bridgehead atoms. The van der Waals surface area contributed by atoms with Gasteiger partial charge in [0, 0.05) is 5.56 Å². The van der Waals surface area contributed by atoms with Crippen LogP contribution in [0.15, 0.2) is 86.9 Å². The van der Waals surface area contributed by atoms with Crippen LogP contribution in [0.5, 0.6) is 17.2 Å². The van der Waals surface area contributed by atoms with Crippen LogP contribution in [0, 0.1) is 12.3 Å². The summed E-state index contributed by atoms with van der Waals surface area (Å²) < 4.78 is 18.2. The van der Waals surface area contributed by atoms with Crippen LogP contribution in [-0.4, -0.2) is 46.8 Å². The van der Waals surface area contributed by atoms with E-state index in [-0.39, 0.29) is 11.4 Å². The average Bonchev–Trinajstić information content (AvgIpc) is 3.35. The largest absolute Gasteiger partial charge is 0.490 e. The first-order chi connectivity index (χ1) is 18.9. The van der Waals surface area contributed by atoms with Gasteiger partial charge in [0.15, 0.2) is 17.3 Å². The van der Waals surface area contributed by atoms with Gasteiger partial charge in [-0.25, -0.2) is 0 Å². The average molecular weight is 606 g/mol. The Balaban J connectivity index is 1.35. The van der Waals surface area contributed by atoms with E-state index in [1.54, 1.807) is 12.1 Å². The zero-order valence-corrected chi connectivity index (χ0v) is 23.7. The Hall–Kier alpha value is -3.89. The minimum Gasteiger partial charge on any atom is -0.490 e. The van der Waals surface area contributed by atoms with Crippen molar-refractivity contribution in [2.45, 2.75) is 13.8 Å². The number of para-hydroxylation sites is 1. The third-order valence-corrected chi connectivity index (χ3v) is 7.28. The van der Waals surface area contributed by atoms with Crippen molar-refractivity contribution in [3.8, 4) is 17.2 Å². The fourth-order valence-electron chi connectivity index (χ4n) is 3.87. The van der Waals surface area contributed by atoms with Crippen LogP contribution in [0.1, 0.15) is 23.6 Å². The first-order valence-electron chi connectivity index (χ1n) is 12.3. The van der Waals surface area contributed by atoms with Gasteiger partial charge in [-0.15, -0.1) is 0 Å². The Labute approximate surface area is 239 Å². The number of rotatable bonds is 9. The predicted molar refractivity (Wildman–Crippen MR) is 158 cm³/mol. The number of nitrogens with zero attached hydrogens (tertiary/aromatic N) is 3. The number of fused-ring (bicyclic) bond motifs is 1. The molecule has 0 saturated carbocycles. The number of nitrogens with one attached hydrogen (secondary N) is 1. The topological polar surface area (TPSA) is 96.6 Å². The molecule has 0 spiro atoms. The summed E-state index contributed by atoms with van der Waals surface area (Å²) in [4.78, 5) is 17.1. The van der Waals surface area contributed by atoms with Gasteiger partial charge in [-0.3, -0.25) is 10.2 Å². The third-order valence-electron chi connectivity index (χ3n) is 5.74. The number of amides is 1. The van der Waals surface area contributed by atoms with E-state index in [1.165, 1.54) is 16.8 Å². The lowest BCUT2D eigenvalue weighted by atomic mass is 10.1. The Morgan fingerprint density at radius 3 is 2.51 bits per heavy atom. The van der Waals surface area contributed by atoms with Crippen LogP contribution >= 0.6 is 27.7 Å². The van der Waals surface area contributed by atoms with Crippen LogP contribution in [0.4, 0.5) is 0 Å². The SMILES string of the molecule is CCOc1cc(/C=C2/C(=N)N3N=C(c4ccc(C)cc4)SC3=NC2=O)cc(Br)c1OCCOc1ccccc1. The summed E-state index contributed by atoms with van der Waals surface area (Å²) in [5.74, 6) is 1.28. The maximum Gasteiger partial charge on any atom is 0.283 e. The molecule has 2 aliphatic heterocycles. The van der Waals surface area contributed by atoms with E-state index >= 15 is 0 Å². The number of aryl methyl sites for hydroxylation is 1. The van der Waals surface area contributed by atoms with Crippen molar-refractivity contribution in [1.82, 2.24) is 5.01 Å². The fraction of sp³-hybridized carbons (Fsp3) is 0.172. The van der Waals surface area contributed by atoms with Crippen molar-refractivity contribution in [3.05, 3.63) is 93.5 Å². The van der Waals surface area contributed by atoms with Gasteiger partial charge < -0.3 is 14.2 Å². The van der Waals surface area contributed by atoms with E-state index in [0.717, 1.165) is 16.9 Å².